The zero-order chi connectivity index (χ0) is 32.8. The van der Waals surface area contributed by atoms with E-state index >= 15 is 0 Å². The second-order valence-corrected chi connectivity index (χ2v) is 12.3. The lowest BCUT2D eigenvalue weighted by Crippen LogP contribution is -2.48. The Bertz CT molecular complexity index is 1850. The first-order chi connectivity index (χ1) is 22.1. The number of nitrogens with one attached hydrogen (secondary N) is 1. The third-order valence-electron chi connectivity index (χ3n) is 7.91. The first-order valence-corrected chi connectivity index (χ1v) is 15.6. The van der Waals surface area contributed by atoms with Crippen molar-refractivity contribution in [1.82, 2.24) is 19.8 Å². The second kappa shape index (κ2) is 14.6. The van der Waals surface area contributed by atoms with E-state index in [1.165, 1.54) is 12.1 Å². The third kappa shape index (κ3) is 7.73. The van der Waals surface area contributed by atoms with E-state index in [9.17, 15) is 19.7 Å². The van der Waals surface area contributed by atoms with Gasteiger partial charge in [0.2, 0.25) is 5.91 Å². The number of fused-ring (bicyclic) bond motifs is 1. The number of hydrogen-bond acceptors (Lipinski definition) is 5. The van der Waals surface area contributed by atoms with Crippen LogP contribution in [-0.2, 0) is 24.3 Å². The predicted molar refractivity (Wildman–Crippen MR) is 180 cm³/mol. The monoisotopic (exact) mass is 657 g/mol. The van der Waals surface area contributed by atoms with Gasteiger partial charge in [-0.1, -0.05) is 97.7 Å². The number of aromatic nitrogens is 2. The summed E-state index contributed by atoms with van der Waals surface area (Å²) in [6.07, 6.45) is 3.32. The standard InChI is InChI=1S/C35H33Cl2N5O4/c1-23(2)32(39-33(43)17-28-18-38-22-41(28)19-24-13-15-27(16-14-24)42(45)46)21-40(35(44)34-30(36)11-6-12-31(34)37)20-26-9-5-8-25-7-3-4-10-29(25)26/h3-16,18,22-23,32H,17,19-21H2,1-2H3,(H,39,43)/t32-/m1/s1. The number of imidazole rings is 1. The van der Waals surface area contributed by atoms with Gasteiger partial charge in [0.1, 0.15) is 0 Å². The highest BCUT2D eigenvalue weighted by Crippen LogP contribution is 2.28. The number of carbonyl (C=O) groups is 2. The lowest BCUT2D eigenvalue weighted by atomic mass is 10.0. The summed E-state index contributed by atoms with van der Waals surface area (Å²) < 4.78 is 1.83. The molecule has 1 heterocycles. The van der Waals surface area contributed by atoms with Gasteiger partial charge in [-0.3, -0.25) is 19.7 Å². The van der Waals surface area contributed by atoms with E-state index in [0.717, 1.165) is 21.9 Å². The van der Waals surface area contributed by atoms with Crippen LogP contribution in [0.1, 0.15) is 41.0 Å². The van der Waals surface area contributed by atoms with Crippen LogP contribution in [0, 0.1) is 16.0 Å². The maximum absolute atomic E-state index is 14.1. The average molecular weight is 659 g/mol. The molecule has 0 bridgehead atoms. The number of halogens is 2. The Kier molecular flexibility index (Phi) is 10.3. The van der Waals surface area contributed by atoms with Crippen LogP contribution in [0.3, 0.4) is 0 Å². The van der Waals surface area contributed by atoms with Crippen molar-refractivity contribution >= 4 is 51.5 Å². The minimum Gasteiger partial charge on any atom is -0.351 e. The van der Waals surface area contributed by atoms with E-state index in [2.05, 4.69) is 10.3 Å². The molecular weight excluding hydrogens is 625 g/mol. The fourth-order valence-corrected chi connectivity index (χ4v) is 5.91. The summed E-state index contributed by atoms with van der Waals surface area (Å²) in [5.74, 6) is -0.569. The zero-order valence-electron chi connectivity index (χ0n) is 25.4. The fourth-order valence-electron chi connectivity index (χ4n) is 5.36. The van der Waals surface area contributed by atoms with Gasteiger partial charge in [0, 0.05) is 49.7 Å². The van der Waals surface area contributed by atoms with E-state index in [1.54, 1.807) is 47.8 Å². The summed E-state index contributed by atoms with van der Waals surface area (Å²) in [6.45, 7) is 4.89. The van der Waals surface area contributed by atoms with Crippen molar-refractivity contribution < 1.29 is 14.5 Å². The molecule has 2 amide bonds. The van der Waals surface area contributed by atoms with Gasteiger partial charge < -0.3 is 14.8 Å². The molecule has 1 N–H and O–H groups in total. The zero-order valence-corrected chi connectivity index (χ0v) is 26.9. The molecule has 0 spiro atoms. The molecule has 1 aromatic heterocycles. The van der Waals surface area contributed by atoms with Crippen molar-refractivity contribution in [2.24, 2.45) is 5.92 Å². The molecule has 236 valence electrons. The molecular formula is C35H33Cl2N5O4. The van der Waals surface area contributed by atoms with E-state index in [0.29, 0.717) is 12.2 Å². The summed E-state index contributed by atoms with van der Waals surface area (Å²) >= 11 is 13.0. The molecule has 5 aromatic rings. The Balaban J connectivity index is 1.36. The minimum absolute atomic E-state index is 0.0125. The van der Waals surface area contributed by atoms with E-state index in [4.69, 9.17) is 23.2 Å². The van der Waals surface area contributed by atoms with Crippen LogP contribution in [0.25, 0.3) is 10.8 Å². The van der Waals surface area contributed by atoms with Gasteiger partial charge in [0.05, 0.1) is 33.3 Å². The molecule has 0 unspecified atom stereocenters. The Morgan fingerprint density at radius 2 is 1.63 bits per heavy atom. The highest BCUT2D eigenvalue weighted by Gasteiger charge is 2.27. The molecule has 0 saturated carbocycles. The molecule has 4 aromatic carbocycles. The average Bonchev–Trinajstić information content (AvgIpc) is 3.46. The van der Waals surface area contributed by atoms with Crippen molar-refractivity contribution in [3.05, 3.63) is 140 Å². The molecule has 11 heteroatoms. The van der Waals surface area contributed by atoms with E-state index in [1.807, 2.05) is 60.9 Å². The molecule has 0 fully saturated rings. The van der Waals surface area contributed by atoms with Crippen LogP contribution in [0.5, 0.6) is 0 Å². The lowest BCUT2D eigenvalue weighted by molar-refractivity contribution is -0.384. The fraction of sp³-hybridized carbons (Fsp3) is 0.229. The van der Waals surface area contributed by atoms with Crippen molar-refractivity contribution in [1.29, 1.82) is 0 Å². The molecule has 0 saturated heterocycles. The molecule has 5 rings (SSSR count). The SMILES string of the molecule is CC(C)[C@@H](CN(Cc1cccc2ccccc12)C(=O)c1c(Cl)cccc1Cl)NC(=O)Cc1cncn1Cc1ccc([N+](=O)[O-])cc1. The largest absolute Gasteiger partial charge is 0.351 e. The van der Waals surface area contributed by atoms with Crippen molar-refractivity contribution in [2.45, 2.75) is 39.4 Å². The highest BCUT2D eigenvalue weighted by molar-refractivity contribution is 6.39. The summed E-state index contributed by atoms with van der Waals surface area (Å²) in [5.41, 5.74) is 2.71. The summed E-state index contributed by atoms with van der Waals surface area (Å²) in [6, 6.07) is 24.8. The number of benzene rings is 4. The molecule has 0 aliphatic heterocycles. The van der Waals surface area contributed by atoms with Crippen molar-refractivity contribution in [2.75, 3.05) is 6.54 Å². The minimum atomic E-state index is -0.443. The van der Waals surface area contributed by atoms with Gasteiger partial charge in [0.15, 0.2) is 0 Å². The number of nitrogens with zero attached hydrogens (tertiary/aromatic N) is 4. The van der Waals surface area contributed by atoms with Crippen LogP contribution in [0.4, 0.5) is 5.69 Å². The van der Waals surface area contributed by atoms with Crippen LogP contribution < -0.4 is 5.32 Å². The predicted octanol–water partition coefficient (Wildman–Crippen LogP) is 7.33. The van der Waals surface area contributed by atoms with Gasteiger partial charge in [-0.25, -0.2) is 4.98 Å². The number of hydrogen-bond donors (Lipinski definition) is 1. The summed E-state index contributed by atoms with van der Waals surface area (Å²) in [5, 5.41) is 16.7. The van der Waals surface area contributed by atoms with Crippen LogP contribution in [-0.4, -0.2) is 43.8 Å². The molecule has 0 aliphatic carbocycles. The number of amides is 2. The molecule has 0 aliphatic rings. The molecule has 0 radical (unpaired) electrons. The Labute approximate surface area is 276 Å². The Morgan fingerprint density at radius 1 is 0.957 bits per heavy atom. The first-order valence-electron chi connectivity index (χ1n) is 14.8. The maximum atomic E-state index is 14.1. The lowest BCUT2D eigenvalue weighted by Gasteiger charge is -2.31. The number of rotatable bonds is 12. The topological polar surface area (TPSA) is 110 Å². The Hall–Kier alpha value is -4.73. The maximum Gasteiger partial charge on any atom is 0.269 e. The smallest absolute Gasteiger partial charge is 0.269 e. The van der Waals surface area contributed by atoms with E-state index < -0.39 is 11.0 Å². The summed E-state index contributed by atoms with van der Waals surface area (Å²) in [7, 11) is 0. The quantitative estimate of drug-likeness (QED) is 0.112. The highest BCUT2D eigenvalue weighted by atomic mass is 35.5. The molecule has 9 nitrogen and oxygen atoms in total. The van der Waals surface area contributed by atoms with Crippen LogP contribution in [0.2, 0.25) is 10.0 Å². The van der Waals surface area contributed by atoms with Gasteiger partial charge in [0.25, 0.3) is 11.6 Å². The van der Waals surface area contributed by atoms with E-state index in [-0.39, 0.29) is 58.5 Å². The molecule has 1 atom stereocenters. The third-order valence-corrected chi connectivity index (χ3v) is 8.54. The summed E-state index contributed by atoms with van der Waals surface area (Å²) in [4.78, 5) is 44.0. The second-order valence-electron chi connectivity index (χ2n) is 11.5. The first kappa shape index (κ1) is 32.7. The number of nitro benzene ring substituents is 1. The van der Waals surface area contributed by atoms with Gasteiger partial charge >= 0.3 is 0 Å². The van der Waals surface area contributed by atoms with Crippen LogP contribution >= 0.6 is 23.2 Å². The van der Waals surface area contributed by atoms with Crippen LogP contribution in [0.15, 0.2) is 97.5 Å². The molecule has 46 heavy (non-hydrogen) atoms. The van der Waals surface area contributed by atoms with Crippen molar-refractivity contribution in [3.63, 3.8) is 0 Å². The van der Waals surface area contributed by atoms with Gasteiger partial charge in [-0.05, 0) is 39.9 Å². The number of non-ortho nitro benzene ring substituents is 1. The normalized spacial score (nSPS) is 11.8. The van der Waals surface area contributed by atoms with Crippen molar-refractivity contribution in [3.8, 4) is 0 Å². The number of carbonyl (C=O) groups excluding carboxylic acids is 2. The van der Waals surface area contributed by atoms with Gasteiger partial charge in [-0.2, -0.15) is 0 Å². The van der Waals surface area contributed by atoms with Gasteiger partial charge in [-0.15, -0.1) is 0 Å². The Morgan fingerprint density at radius 3 is 2.33 bits per heavy atom. The number of nitro groups is 1.